The topological polar surface area (TPSA) is 73.3 Å². The van der Waals surface area contributed by atoms with E-state index in [1.807, 2.05) is 18.2 Å². The number of hydrogen-bond donors (Lipinski definition) is 1. The average Bonchev–Trinajstić information content (AvgIpc) is 2.63. The van der Waals surface area contributed by atoms with Gasteiger partial charge >= 0.3 is 0 Å². The predicted molar refractivity (Wildman–Crippen MR) is 100 cm³/mol. The second-order valence-electron chi connectivity index (χ2n) is 7.11. The monoisotopic (exact) mass is 357 g/mol. The number of carbonyl (C=O) groups is 1. The Morgan fingerprint density at radius 3 is 2.54 bits per heavy atom. The van der Waals surface area contributed by atoms with Crippen LogP contribution in [-0.2, 0) is 23.2 Å². The molecule has 0 aliphatic carbocycles. The Balaban J connectivity index is 1.93. The van der Waals surface area contributed by atoms with Gasteiger partial charge in [-0.3, -0.25) is 4.79 Å². The van der Waals surface area contributed by atoms with Crippen LogP contribution < -0.4 is 14.8 Å². The molecule has 2 rings (SSSR count). The Hall–Kier alpha value is -2.63. The maximum absolute atomic E-state index is 12.2. The van der Waals surface area contributed by atoms with E-state index in [2.05, 4.69) is 36.1 Å². The van der Waals surface area contributed by atoms with Crippen molar-refractivity contribution in [1.29, 1.82) is 0 Å². The maximum Gasteiger partial charge on any atom is 0.220 e. The molecule has 0 saturated carbocycles. The molecule has 0 radical (unpaired) electrons. The number of rotatable bonds is 7. The third kappa shape index (κ3) is 5.18. The first-order valence-corrected chi connectivity index (χ1v) is 8.62. The van der Waals surface area contributed by atoms with Gasteiger partial charge in [-0.2, -0.15) is 0 Å². The van der Waals surface area contributed by atoms with Gasteiger partial charge in [-0.1, -0.05) is 26.8 Å². The van der Waals surface area contributed by atoms with Crippen molar-refractivity contribution in [2.75, 3.05) is 14.2 Å². The standard InChI is InChI=1S/C20H27N3O3/c1-20(2,3)19-15(11-21-13-23-19)12-22-18(24)9-7-14-6-8-16(25-4)17(10-14)26-5/h6,8,10-11,13H,7,9,12H2,1-5H3,(H,22,24). The van der Waals surface area contributed by atoms with Gasteiger partial charge in [0.05, 0.1) is 19.9 Å². The summed E-state index contributed by atoms with van der Waals surface area (Å²) >= 11 is 0. The largest absolute Gasteiger partial charge is 0.493 e. The van der Waals surface area contributed by atoms with Gasteiger partial charge in [0.2, 0.25) is 5.91 Å². The summed E-state index contributed by atoms with van der Waals surface area (Å²) < 4.78 is 10.5. The van der Waals surface area contributed by atoms with Crippen molar-refractivity contribution in [2.45, 2.75) is 45.6 Å². The van der Waals surface area contributed by atoms with Crippen LogP contribution in [0.25, 0.3) is 0 Å². The summed E-state index contributed by atoms with van der Waals surface area (Å²) in [6.45, 7) is 6.71. The Labute approximate surface area is 155 Å². The van der Waals surface area contributed by atoms with Crippen molar-refractivity contribution in [3.05, 3.63) is 47.5 Å². The van der Waals surface area contributed by atoms with E-state index in [4.69, 9.17) is 9.47 Å². The molecule has 1 heterocycles. The van der Waals surface area contributed by atoms with Crippen molar-refractivity contribution in [3.63, 3.8) is 0 Å². The van der Waals surface area contributed by atoms with Gasteiger partial charge in [-0.05, 0) is 24.1 Å². The lowest BCUT2D eigenvalue weighted by Gasteiger charge is -2.21. The van der Waals surface area contributed by atoms with Gasteiger partial charge in [0.1, 0.15) is 6.33 Å². The summed E-state index contributed by atoms with van der Waals surface area (Å²) in [7, 11) is 3.20. The highest BCUT2D eigenvalue weighted by atomic mass is 16.5. The second-order valence-corrected chi connectivity index (χ2v) is 7.11. The lowest BCUT2D eigenvalue weighted by Crippen LogP contribution is -2.26. The molecular formula is C20H27N3O3. The van der Waals surface area contributed by atoms with E-state index in [0.717, 1.165) is 16.8 Å². The highest BCUT2D eigenvalue weighted by Gasteiger charge is 2.19. The van der Waals surface area contributed by atoms with Crippen LogP contribution >= 0.6 is 0 Å². The van der Waals surface area contributed by atoms with Gasteiger partial charge in [0, 0.05) is 30.1 Å². The first-order chi connectivity index (χ1) is 12.3. The van der Waals surface area contributed by atoms with Crippen LogP contribution in [0.5, 0.6) is 11.5 Å². The summed E-state index contributed by atoms with van der Waals surface area (Å²) in [4.78, 5) is 20.7. The molecule has 0 aliphatic heterocycles. The maximum atomic E-state index is 12.2. The van der Waals surface area contributed by atoms with Crippen LogP contribution in [0.4, 0.5) is 0 Å². The molecule has 1 aromatic carbocycles. The highest BCUT2D eigenvalue weighted by molar-refractivity contribution is 5.76. The zero-order valence-corrected chi connectivity index (χ0v) is 16.1. The first kappa shape index (κ1) is 19.7. The number of nitrogens with zero attached hydrogens (tertiary/aromatic N) is 2. The molecule has 6 nitrogen and oxygen atoms in total. The van der Waals surface area contributed by atoms with Gasteiger partial charge in [-0.15, -0.1) is 0 Å². The van der Waals surface area contributed by atoms with Crippen LogP contribution in [0.2, 0.25) is 0 Å². The van der Waals surface area contributed by atoms with Gasteiger partial charge in [0.15, 0.2) is 11.5 Å². The highest BCUT2D eigenvalue weighted by Crippen LogP contribution is 2.28. The lowest BCUT2D eigenvalue weighted by atomic mass is 9.89. The molecule has 140 valence electrons. The smallest absolute Gasteiger partial charge is 0.220 e. The van der Waals surface area contributed by atoms with Crippen molar-refractivity contribution in [2.24, 2.45) is 0 Å². The van der Waals surface area contributed by atoms with E-state index < -0.39 is 0 Å². The minimum absolute atomic E-state index is 0.0107. The molecule has 0 aliphatic rings. The Morgan fingerprint density at radius 2 is 1.88 bits per heavy atom. The number of amides is 1. The number of ether oxygens (including phenoxy) is 2. The lowest BCUT2D eigenvalue weighted by molar-refractivity contribution is -0.121. The molecule has 26 heavy (non-hydrogen) atoms. The van der Waals surface area contributed by atoms with Gasteiger partial charge < -0.3 is 14.8 Å². The summed E-state index contributed by atoms with van der Waals surface area (Å²) in [5, 5.41) is 2.96. The van der Waals surface area contributed by atoms with Crippen LogP contribution in [0, 0.1) is 0 Å². The van der Waals surface area contributed by atoms with Crippen molar-refractivity contribution in [1.82, 2.24) is 15.3 Å². The van der Waals surface area contributed by atoms with Crippen molar-refractivity contribution >= 4 is 5.91 Å². The number of aromatic nitrogens is 2. The zero-order chi connectivity index (χ0) is 19.2. The molecule has 0 bridgehead atoms. The fourth-order valence-electron chi connectivity index (χ4n) is 2.74. The molecule has 2 aromatic rings. The van der Waals surface area contributed by atoms with E-state index in [9.17, 15) is 4.79 Å². The molecule has 0 saturated heterocycles. The summed E-state index contributed by atoms with van der Waals surface area (Å²) in [6, 6.07) is 5.69. The van der Waals surface area contributed by atoms with Gasteiger partial charge in [-0.25, -0.2) is 9.97 Å². The Kier molecular flexibility index (Phi) is 6.55. The number of hydrogen-bond acceptors (Lipinski definition) is 5. The van der Waals surface area contributed by atoms with Crippen LogP contribution in [0.15, 0.2) is 30.7 Å². The summed E-state index contributed by atoms with van der Waals surface area (Å²) in [6.07, 6.45) is 4.34. The summed E-state index contributed by atoms with van der Waals surface area (Å²) in [5.41, 5.74) is 2.83. The van der Waals surface area contributed by atoms with Crippen molar-refractivity contribution in [3.8, 4) is 11.5 Å². The van der Waals surface area contributed by atoms with Crippen LogP contribution in [0.3, 0.4) is 0 Å². The molecule has 1 N–H and O–H groups in total. The second kappa shape index (κ2) is 8.65. The number of carbonyl (C=O) groups excluding carboxylic acids is 1. The number of benzene rings is 1. The number of aryl methyl sites for hydroxylation is 1. The summed E-state index contributed by atoms with van der Waals surface area (Å²) in [5.74, 6) is 1.34. The van der Waals surface area contributed by atoms with E-state index in [-0.39, 0.29) is 11.3 Å². The average molecular weight is 357 g/mol. The minimum Gasteiger partial charge on any atom is -0.493 e. The van der Waals surface area contributed by atoms with E-state index in [0.29, 0.717) is 30.9 Å². The Bertz CT molecular complexity index is 754. The molecular weight excluding hydrogens is 330 g/mol. The molecule has 1 aromatic heterocycles. The SMILES string of the molecule is COc1ccc(CCC(=O)NCc2cncnc2C(C)(C)C)cc1OC. The quantitative estimate of drug-likeness (QED) is 0.824. The molecule has 0 fully saturated rings. The number of nitrogens with one attached hydrogen (secondary N) is 1. The van der Waals surface area contributed by atoms with Crippen LogP contribution in [-0.4, -0.2) is 30.1 Å². The molecule has 1 amide bonds. The predicted octanol–water partition coefficient (Wildman–Crippen LogP) is 3.04. The first-order valence-electron chi connectivity index (χ1n) is 8.62. The van der Waals surface area contributed by atoms with E-state index in [1.165, 1.54) is 0 Å². The fraction of sp³-hybridized carbons (Fsp3) is 0.450. The molecule has 6 heteroatoms. The number of methoxy groups -OCH3 is 2. The molecule has 0 spiro atoms. The molecule has 0 unspecified atom stereocenters. The van der Waals surface area contributed by atoms with E-state index in [1.54, 1.807) is 26.7 Å². The fourth-order valence-corrected chi connectivity index (χ4v) is 2.74. The van der Waals surface area contributed by atoms with Gasteiger partial charge in [0.25, 0.3) is 0 Å². The zero-order valence-electron chi connectivity index (χ0n) is 16.1. The third-order valence-electron chi connectivity index (χ3n) is 4.06. The van der Waals surface area contributed by atoms with E-state index >= 15 is 0 Å². The van der Waals surface area contributed by atoms with Crippen molar-refractivity contribution < 1.29 is 14.3 Å². The van der Waals surface area contributed by atoms with Crippen LogP contribution in [0.1, 0.15) is 44.0 Å². The minimum atomic E-state index is -0.0946. The third-order valence-corrected chi connectivity index (χ3v) is 4.06. The molecule has 0 atom stereocenters. The Morgan fingerprint density at radius 1 is 1.15 bits per heavy atom. The normalized spacial score (nSPS) is 11.1.